The maximum absolute atomic E-state index is 13.0. The van der Waals surface area contributed by atoms with E-state index in [4.69, 9.17) is 16.2 Å². The van der Waals surface area contributed by atoms with E-state index in [1.807, 2.05) is 13.0 Å². The third-order valence-corrected chi connectivity index (χ3v) is 5.29. The summed E-state index contributed by atoms with van der Waals surface area (Å²) in [5.41, 5.74) is 15.5. The van der Waals surface area contributed by atoms with Gasteiger partial charge < -0.3 is 26.8 Å². The number of hydrogen-bond donors (Lipinski definition) is 4. The van der Waals surface area contributed by atoms with Crippen LogP contribution in [0.3, 0.4) is 0 Å². The topological polar surface area (TPSA) is 97.7 Å². The number of aliphatic imine (C=N–C) groups is 1. The van der Waals surface area contributed by atoms with Gasteiger partial charge in [0.1, 0.15) is 17.4 Å². The first-order valence-electron chi connectivity index (χ1n) is 10.1. The number of allylic oxidation sites excluding steroid dienone is 3. The number of hydrogen-bond acceptors (Lipinski definition) is 5. The molecule has 0 bridgehead atoms. The summed E-state index contributed by atoms with van der Waals surface area (Å²) in [5.74, 6) is 0.686. The summed E-state index contributed by atoms with van der Waals surface area (Å²) in [4.78, 5) is 4.42. The van der Waals surface area contributed by atoms with Gasteiger partial charge in [0.2, 0.25) is 0 Å². The van der Waals surface area contributed by atoms with Crippen molar-refractivity contribution in [2.75, 3.05) is 13.1 Å². The number of rotatable bonds is 7. The Morgan fingerprint density at radius 2 is 2.13 bits per heavy atom. The Bertz CT molecular complexity index is 954. The van der Waals surface area contributed by atoms with Crippen molar-refractivity contribution >= 4 is 5.84 Å². The number of halogens is 3. The van der Waals surface area contributed by atoms with Crippen molar-refractivity contribution in [1.82, 2.24) is 10.6 Å². The highest BCUT2D eigenvalue weighted by Crippen LogP contribution is 2.39. The molecule has 31 heavy (non-hydrogen) atoms. The highest BCUT2D eigenvalue weighted by atomic mass is 19.4. The summed E-state index contributed by atoms with van der Waals surface area (Å²) < 4.78 is 45.3. The highest BCUT2D eigenvalue weighted by molar-refractivity contribution is 5.79. The van der Waals surface area contributed by atoms with E-state index < -0.39 is 23.7 Å². The lowest BCUT2D eigenvalue weighted by Gasteiger charge is -2.27. The average molecular weight is 435 g/mol. The van der Waals surface area contributed by atoms with Gasteiger partial charge in [0.25, 0.3) is 0 Å². The molecule has 1 heterocycles. The van der Waals surface area contributed by atoms with Crippen LogP contribution in [0.5, 0.6) is 0 Å². The van der Waals surface area contributed by atoms with Crippen molar-refractivity contribution < 1.29 is 17.9 Å². The Morgan fingerprint density at radius 1 is 1.42 bits per heavy atom. The summed E-state index contributed by atoms with van der Waals surface area (Å²) in [6, 6.07) is -0.553. The predicted octanol–water partition coefficient (Wildman–Crippen LogP) is 2.89. The zero-order valence-corrected chi connectivity index (χ0v) is 17.9. The van der Waals surface area contributed by atoms with Gasteiger partial charge in [0.05, 0.1) is 23.5 Å². The number of alkyl halides is 3. The molecule has 0 aromatic heterocycles. The fourth-order valence-electron chi connectivity index (χ4n) is 3.88. The molecule has 1 fully saturated rings. The summed E-state index contributed by atoms with van der Waals surface area (Å²) >= 11 is 0. The molecule has 2 aliphatic carbocycles. The quantitative estimate of drug-likeness (QED) is 0.280. The van der Waals surface area contributed by atoms with Crippen LogP contribution >= 0.6 is 0 Å². The van der Waals surface area contributed by atoms with Crippen LogP contribution in [0.2, 0.25) is 0 Å². The Kier molecular flexibility index (Phi) is 6.38. The van der Waals surface area contributed by atoms with Crippen LogP contribution in [0, 0.1) is 5.92 Å². The van der Waals surface area contributed by atoms with E-state index in [0.29, 0.717) is 23.0 Å². The molecule has 6 nitrogen and oxygen atoms in total. The molecule has 1 saturated heterocycles. The van der Waals surface area contributed by atoms with Crippen LogP contribution in [0.15, 0.2) is 69.0 Å². The summed E-state index contributed by atoms with van der Waals surface area (Å²) in [6.07, 6.45) is -0.810. The van der Waals surface area contributed by atoms with Crippen molar-refractivity contribution in [3.63, 3.8) is 0 Å². The summed E-state index contributed by atoms with van der Waals surface area (Å²) in [5, 5.41) is 6.43. The minimum Gasteiger partial charge on any atom is -0.492 e. The van der Waals surface area contributed by atoms with Gasteiger partial charge in [0.15, 0.2) is 0 Å². The van der Waals surface area contributed by atoms with Crippen LogP contribution in [-0.2, 0) is 4.74 Å². The first-order valence-corrected chi connectivity index (χ1v) is 10.1. The van der Waals surface area contributed by atoms with Crippen molar-refractivity contribution in [2.45, 2.75) is 45.5 Å². The lowest BCUT2D eigenvalue weighted by Crippen LogP contribution is -2.33. The second kappa shape index (κ2) is 8.69. The van der Waals surface area contributed by atoms with Crippen molar-refractivity contribution in [2.24, 2.45) is 22.4 Å². The van der Waals surface area contributed by atoms with Crippen LogP contribution in [-0.4, -0.2) is 37.2 Å². The fourth-order valence-corrected chi connectivity index (χ4v) is 3.88. The Balaban J connectivity index is 1.84. The summed E-state index contributed by atoms with van der Waals surface area (Å²) in [6.45, 7) is 11.1. The van der Waals surface area contributed by atoms with Gasteiger partial charge in [-0.1, -0.05) is 6.58 Å². The van der Waals surface area contributed by atoms with Gasteiger partial charge in [-0.15, -0.1) is 5.73 Å². The minimum absolute atomic E-state index is 0.0263. The van der Waals surface area contributed by atoms with Crippen molar-refractivity contribution in [3.05, 3.63) is 64.0 Å². The molecule has 3 aliphatic rings. The van der Waals surface area contributed by atoms with E-state index in [-0.39, 0.29) is 17.4 Å². The molecule has 0 aromatic rings. The maximum atomic E-state index is 13.0. The molecule has 1 aliphatic heterocycles. The van der Waals surface area contributed by atoms with Gasteiger partial charge in [-0.2, -0.15) is 13.2 Å². The summed E-state index contributed by atoms with van der Waals surface area (Å²) in [7, 11) is 0. The van der Waals surface area contributed by atoms with E-state index >= 15 is 0 Å². The van der Waals surface area contributed by atoms with Gasteiger partial charge in [-0.05, 0) is 51.5 Å². The van der Waals surface area contributed by atoms with Gasteiger partial charge in [-0.3, -0.25) is 0 Å². The van der Waals surface area contributed by atoms with Crippen LogP contribution < -0.4 is 22.1 Å². The molecule has 0 saturated carbocycles. The fraction of sp³-hybridized carbons (Fsp3) is 0.455. The maximum Gasteiger partial charge on any atom is 0.423 e. The van der Waals surface area contributed by atoms with Crippen molar-refractivity contribution in [1.29, 1.82) is 0 Å². The minimum atomic E-state index is -4.51. The van der Waals surface area contributed by atoms with Gasteiger partial charge >= 0.3 is 6.18 Å². The third-order valence-electron chi connectivity index (χ3n) is 5.29. The standard InChI is InChI=1S/C22H28F3N5O/c1-11-7-19(30-14(4)26)20(21(11)31-16-5-6-28-10-16)13(3)29-12(2)17-8-15(9-18(17)27)22(23,24)25/h7,9,12,16,20,28-29H,3,5-6,10,27H2,1-2,4H3,(H2,26,30)/t12?,16-,20?/m0/s1. The molecular formula is C22H28F3N5O. The zero-order valence-electron chi connectivity index (χ0n) is 17.9. The molecule has 3 rings (SSSR count). The largest absolute Gasteiger partial charge is 0.492 e. The normalized spacial score (nSPS) is 25.2. The first kappa shape index (κ1) is 22.8. The second-order valence-corrected chi connectivity index (χ2v) is 7.98. The van der Waals surface area contributed by atoms with Crippen LogP contribution in [0.4, 0.5) is 13.2 Å². The second-order valence-electron chi connectivity index (χ2n) is 7.98. The zero-order chi connectivity index (χ0) is 22.9. The van der Waals surface area contributed by atoms with Gasteiger partial charge in [-0.25, -0.2) is 4.99 Å². The average Bonchev–Trinajstić information content (AvgIpc) is 3.35. The monoisotopic (exact) mass is 435 g/mol. The van der Waals surface area contributed by atoms with Gasteiger partial charge in [0, 0.05) is 23.5 Å². The molecule has 0 amide bonds. The Hall–Kier alpha value is -2.90. The van der Waals surface area contributed by atoms with Crippen molar-refractivity contribution in [3.8, 4) is 0 Å². The lowest BCUT2D eigenvalue weighted by atomic mass is 10.0. The molecule has 6 N–H and O–H groups in total. The molecule has 168 valence electrons. The molecule has 3 atom stereocenters. The molecule has 0 aromatic carbocycles. The van der Waals surface area contributed by atoms with E-state index in [0.717, 1.165) is 31.2 Å². The van der Waals surface area contributed by atoms with E-state index in [1.165, 1.54) is 0 Å². The number of amidine groups is 1. The number of nitrogens with two attached hydrogens (primary N) is 2. The van der Waals surface area contributed by atoms with Crippen LogP contribution in [0.25, 0.3) is 0 Å². The molecule has 2 unspecified atom stereocenters. The SMILES string of the molecule is C=C(NC(C)C1=C=C(C(F)(F)F)C=C1N)C1C(/N=C(/C)N)=CC(C)=C1O[C@H]1CCNC1. The Morgan fingerprint density at radius 3 is 2.68 bits per heavy atom. The van der Waals surface area contributed by atoms with Crippen LogP contribution in [0.1, 0.15) is 27.2 Å². The number of nitrogens with zero attached hydrogens (tertiary/aromatic N) is 1. The van der Waals surface area contributed by atoms with E-state index in [2.05, 4.69) is 27.9 Å². The predicted molar refractivity (Wildman–Crippen MR) is 115 cm³/mol. The first-order chi connectivity index (χ1) is 14.5. The highest BCUT2D eigenvalue weighted by Gasteiger charge is 2.37. The Labute approximate surface area is 180 Å². The lowest BCUT2D eigenvalue weighted by molar-refractivity contribution is -0.0878. The van der Waals surface area contributed by atoms with E-state index in [9.17, 15) is 13.2 Å². The molecule has 0 radical (unpaired) electrons. The molecular weight excluding hydrogens is 407 g/mol. The molecule has 0 spiro atoms. The molecule has 9 heteroatoms. The number of ether oxygens (including phenoxy) is 1. The smallest absolute Gasteiger partial charge is 0.423 e. The van der Waals surface area contributed by atoms with E-state index in [1.54, 1.807) is 13.8 Å². The third kappa shape index (κ3) is 5.06. The number of nitrogens with one attached hydrogen (secondary N) is 2.